The zero-order valence-corrected chi connectivity index (χ0v) is 17.2. The van der Waals surface area contributed by atoms with E-state index in [0.717, 1.165) is 12.1 Å². The van der Waals surface area contributed by atoms with Crippen LogP contribution in [0.5, 0.6) is 11.5 Å². The Morgan fingerprint density at radius 2 is 1.82 bits per heavy atom. The molecule has 0 spiro atoms. The Balaban J connectivity index is 1.94. The number of carbonyl (C=O) groups excluding carboxylic acids is 1. The average Bonchev–Trinajstić information content (AvgIpc) is 3.00. The van der Waals surface area contributed by atoms with Gasteiger partial charge in [0, 0.05) is 10.8 Å². The maximum absolute atomic E-state index is 14.9. The molecule has 172 valence electrons. The van der Waals surface area contributed by atoms with Gasteiger partial charge in [0.15, 0.2) is 6.23 Å². The van der Waals surface area contributed by atoms with E-state index in [9.17, 15) is 27.9 Å². The lowest BCUT2D eigenvalue weighted by Gasteiger charge is -2.22. The van der Waals surface area contributed by atoms with Crippen molar-refractivity contribution in [1.29, 1.82) is 0 Å². The van der Waals surface area contributed by atoms with Crippen LogP contribution < -0.4 is 14.4 Å². The molecule has 1 heterocycles. The van der Waals surface area contributed by atoms with Crippen molar-refractivity contribution in [2.75, 3.05) is 11.5 Å². The number of aliphatic carboxylic acids is 1. The van der Waals surface area contributed by atoms with Crippen LogP contribution in [0.15, 0.2) is 42.5 Å². The molecule has 1 aliphatic heterocycles. The number of aliphatic hydroxyl groups excluding tert-OH is 1. The number of amides is 1. The third kappa shape index (κ3) is 3.82. The minimum Gasteiger partial charge on any atom is -0.493 e. The number of anilines is 1. The fourth-order valence-corrected chi connectivity index (χ4v) is 4.00. The van der Waals surface area contributed by atoms with Crippen molar-refractivity contribution in [2.24, 2.45) is 0 Å². The number of rotatable bonds is 7. The molecule has 7 nitrogen and oxygen atoms in total. The van der Waals surface area contributed by atoms with Gasteiger partial charge in [-0.25, -0.2) is 4.39 Å². The van der Waals surface area contributed by atoms with E-state index in [2.05, 4.69) is 0 Å². The maximum atomic E-state index is 14.9. The SMILES string of the molecule is CCOc1c2c(c(OC(F)F)c3ccccc13)C(=O)N(c1ccc(CC(=O)O)cc1F)C2O. The van der Waals surface area contributed by atoms with Crippen LogP contribution in [0.25, 0.3) is 10.8 Å². The second kappa shape index (κ2) is 8.62. The number of carbonyl (C=O) groups is 2. The number of alkyl halides is 2. The first kappa shape index (κ1) is 22.4. The van der Waals surface area contributed by atoms with E-state index in [-0.39, 0.29) is 40.1 Å². The molecule has 10 heteroatoms. The van der Waals surface area contributed by atoms with Crippen LogP contribution in [0.2, 0.25) is 0 Å². The van der Waals surface area contributed by atoms with Gasteiger partial charge in [-0.15, -0.1) is 0 Å². The van der Waals surface area contributed by atoms with Gasteiger partial charge in [0.2, 0.25) is 0 Å². The van der Waals surface area contributed by atoms with Gasteiger partial charge in [-0.3, -0.25) is 14.5 Å². The predicted octanol–water partition coefficient (Wildman–Crippen LogP) is 4.26. The normalized spacial score (nSPS) is 15.3. The zero-order chi connectivity index (χ0) is 23.9. The molecule has 0 fully saturated rings. The molecule has 0 saturated heterocycles. The van der Waals surface area contributed by atoms with Gasteiger partial charge in [-0.05, 0) is 24.6 Å². The molecule has 0 bridgehead atoms. The summed E-state index contributed by atoms with van der Waals surface area (Å²) in [6, 6.07) is 9.62. The van der Waals surface area contributed by atoms with E-state index in [1.54, 1.807) is 25.1 Å². The van der Waals surface area contributed by atoms with Gasteiger partial charge in [-0.2, -0.15) is 8.78 Å². The molecule has 1 aliphatic rings. The van der Waals surface area contributed by atoms with Crippen molar-refractivity contribution in [3.8, 4) is 11.5 Å². The number of benzene rings is 3. The van der Waals surface area contributed by atoms with Crippen LogP contribution in [-0.4, -0.2) is 35.3 Å². The molecule has 0 aromatic heterocycles. The molecule has 0 radical (unpaired) electrons. The molecular formula is C23H18F3NO6. The molecule has 3 aromatic rings. The van der Waals surface area contributed by atoms with Crippen LogP contribution in [0, 0.1) is 5.82 Å². The number of hydrogen-bond donors (Lipinski definition) is 2. The molecule has 1 unspecified atom stereocenters. The number of carboxylic acid groups (broad SMARTS) is 1. The van der Waals surface area contributed by atoms with E-state index >= 15 is 0 Å². The number of carboxylic acids is 1. The lowest BCUT2D eigenvalue weighted by atomic mass is 9.98. The number of hydrogen-bond acceptors (Lipinski definition) is 5. The largest absolute Gasteiger partial charge is 0.493 e. The van der Waals surface area contributed by atoms with Crippen molar-refractivity contribution >= 4 is 28.3 Å². The quantitative estimate of drug-likeness (QED) is 0.546. The van der Waals surface area contributed by atoms with Crippen molar-refractivity contribution in [3.05, 3.63) is 65.0 Å². The molecule has 0 aliphatic carbocycles. The average molecular weight is 461 g/mol. The number of nitrogens with zero attached hydrogens (tertiary/aromatic N) is 1. The molecule has 33 heavy (non-hydrogen) atoms. The number of aliphatic hydroxyl groups is 1. The summed E-state index contributed by atoms with van der Waals surface area (Å²) >= 11 is 0. The number of halogens is 3. The van der Waals surface area contributed by atoms with E-state index in [4.69, 9.17) is 14.6 Å². The fraction of sp³-hybridized carbons (Fsp3) is 0.217. The molecule has 1 atom stereocenters. The first-order valence-electron chi connectivity index (χ1n) is 9.92. The predicted molar refractivity (Wildman–Crippen MR) is 111 cm³/mol. The zero-order valence-electron chi connectivity index (χ0n) is 17.2. The standard InChI is InChI=1S/C23H18F3NO6/c1-2-32-19-12-5-3-4-6-13(12)20(33-23(25)26)18-17(19)21(30)27(22(18)31)15-8-7-11(9-14(15)24)10-16(28)29/h3-9,21,23,30H,2,10H2,1H3,(H,28,29). The second-order valence-corrected chi connectivity index (χ2v) is 7.21. The van der Waals surface area contributed by atoms with Crippen molar-refractivity contribution in [3.63, 3.8) is 0 Å². The van der Waals surface area contributed by atoms with Gasteiger partial charge < -0.3 is 19.7 Å². The Kier molecular flexibility index (Phi) is 5.86. The molecule has 2 N–H and O–H groups in total. The lowest BCUT2D eigenvalue weighted by molar-refractivity contribution is -0.136. The van der Waals surface area contributed by atoms with Crippen LogP contribution in [0.1, 0.15) is 34.6 Å². The Bertz CT molecular complexity index is 1260. The minimum atomic E-state index is -3.26. The van der Waals surface area contributed by atoms with E-state index in [1.165, 1.54) is 12.1 Å². The summed E-state index contributed by atoms with van der Waals surface area (Å²) in [5.41, 5.74) is -0.693. The summed E-state index contributed by atoms with van der Waals surface area (Å²) in [5.74, 6) is -3.46. The third-order valence-electron chi connectivity index (χ3n) is 5.22. The fourth-order valence-electron chi connectivity index (χ4n) is 4.00. The smallest absolute Gasteiger partial charge is 0.387 e. The van der Waals surface area contributed by atoms with E-state index < -0.39 is 42.7 Å². The highest BCUT2D eigenvalue weighted by Gasteiger charge is 2.44. The summed E-state index contributed by atoms with van der Waals surface area (Å²) in [6.45, 7) is -1.45. The summed E-state index contributed by atoms with van der Waals surface area (Å²) in [4.78, 5) is 24.9. The summed E-state index contributed by atoms with van der Waals surface area (Å²) in [6.07, 6.45) is -2.21. The van der Waals surface area contributed by atoms with Crippen LogP contribution in [-0.2, 0) is 11.2 Å². The first-order valence-corrected chi connectivity index (χ1v) is 9.92. The first-order chi connectivity index (χ1) is 15.7. The van der Waals surface area contributed by atoms with Crippen molar-refractivity contribution in [2.45, 2.75) is 26.2 Å². The maximum Gasteiger partial charge on any atom is 0.387 e. The summed E-state index contributed by atoms with van der Waals surface area (Å²) in [7, 11) is 0. The van der Waals surface area contributed by atoms with Gasteiger partial charge in [-0.1, -0.05) is 30.3 Å². The highest BCUT2D eigenvalue weighted by Crippen LogP contribution is 2.50. The van der Waals surface area contributed by atoms with E-state index in [0.29, 0.717) is 10.3 Å². The Morgan fingerprint density at radius 1 is 1.15 bits per heavy atom. The lowest BCUT2D eigenvalue weighted by Crippen LogP contribution is -2.28. The monoisotopic (exact) mass is 461 g/mol. The second-order valence-electron chi connectivity index (χ2n) is 7.21. The van der Waals surface area contributed by atoms with Crippen molar-refractivity contribution in [1.82, 2.24) is 0 Å². The van der Waals surface area contributed by atoms with Gasteiger partial charge in [0.05, 0.1) is 29.8 Å². The van der Waals surface area contributed by atoms with Crippen LogP contribution in [0.4, 0.5) is 18.9 Å². The summed E-state index contributed by atoms with van der Waals surface area (Å²) in [5, 5.41) is 20.5. The highest BCUT2D eigenvalue weighted by molar-refractivity contribution is 6.17. The molecule has 0 saturated carbocycles. The Labute approximate surface area is 185 Å². The van der Waals surface area contributed by atoms with Gasteiger partial charge in [0.1, 0.15) is 17.3 Å². The van der Waals surface area contributed by atoms with Crippen LogP contribution in [0.3, 0.4) is 0 Å². The van der Waals surface area contributed by atoms with Crippen molar-refractivity contribution < 1.29 is 42.4 Å². The number of ether oxygens (including phenoxy) is 2. The molecule has 1 amide bonds. The Hall–Kier alpha value is -3.79. The summed E-state index contributed by atoms with van der Waals surface area (Å²) < 4.78 is 51.8. The molecule has 3 aromatic carbocycles. The van der Waals surface area contributed by atoms with E-state index in [1.807, 2.05) is 0 Å². The number of fused-ring (bicyclic) bond motifs is 2. The van der Waals surface area contributed by atoms with Gasteiger partial charge in [0.25, 0.3) is 5.91 Å². The third-order valence-corrected chi connectivity index (χ3v) is 5.22. The Morgan fingerprint density at radius 3 is 2.39 bits per heavy atom. The van der Waals surface area contributed by atoms with Gasteiger partial charge >= 0.3 is 12.6 Å². The molecular weight excluding hydrogens is 443 g/mol. The highest BCUT2D eigenvalue weighted by atomic mass is 19.3. The topological polar surface area (TPSA) is 96.3 Å². The molecule has 4 rings (SSSR count). The minimum absolute atomic E-state index is 0.0935. The van der Waals surface area contributed by atoms with Crippen LogP contribution >= 0.6 is 0 Å².